The lowest BCUT2D eigenvalue weighted by atomic mass is 10.2. The van der Waals surface area contributed by atoms with Gasteiger partial charge in [0.05, 0.1) is 5.56 Å². The zero-order chi connectivity index (χ0) is 14.1. The Morgan fingerprint density at radius 3 is 2.68 bits per heavy atom. The van der Waals surface area contributed by atoms with Gasteiger partial charge in [-0.05, 0) is 43.0 Å². The summed E-state index contributed by atoms with van der Waals surface area (Å²) in [6, 6.07) is 5.18. The molecule has 0 saturated carbocycles. The highest BCUT2D eigenvalue weighted by molar-refractivity contribution is 9.10. The average Bonchev–Trinajstić information content (AvgIpc) is 2.37. The van der Waals surface area contributed by atoms with Crippen molar-refractivity contribution in [1.82, 2.24) is 0 Å². The topological polar surface area (TPSA) is 49.3 Å². The minimum atomic E-state index is -0.901. The third-order valence-electron chi connectivity index (χ3n) is 2.75. The van der Waals surface area contributed by atoms with Crippen LogP contribution < -0.4 is 5.32 Å². The number of hydrogen-bond donors (Lipinski definition) is 2. The molecule has 1 aromatic carbocycles. The van der Waals surface area contributed by atoms with Crippen molar-refractivity contribution in [2.45, 2.75) is 25.7 Å². The van der Waals surface area contributed by atoms with Gasteiger partial charge in [0.2, 0.25) is 0 Å². The van der Waals surface area contributed by atoms with Crippen LogP contribution in [0, 0.1) is 0 Å². The van der Waals surface area contributed by atoms with Crippen LogP contribution in [0.1, 0.15) is 36.0 Å². The van der Waals surface area contributed by atoms with Crippen molar-refractivity contribution < 1.29 is 9.90 Å². The van der Waals surface area contributed by atoms with Crippen molar-refractivity contribution in [3.05, 3.63) is 28.2 Å². The van der Waals surface area contributed by atoms with Gasteiger partial charge in [-0.1, -0.05) is 28.8 Å². The smallest absolute Gasteiger partial charge is 0.335 e. The molecule has 0 aliphatic heterocycles. The lowest BCUT2D eigenvalue weighted by Gasteiger charge is -2.08. The van der Waals surface area contributed by atoms with E-state index in [0.717, 1.165) is 23.1 Å². The van der Waals surface area contributed by atoms with Crippen LogP contribution in [0.5, 0.6) is 0 Å². The van der Waals surface area contributed by atoms with E-state index in [-0.39, 0.29) is 0 Å². The van der Waals surface area contributed by atoms with Crippen molar-refractivity contribution in [3.8, 4) is 0 Å². The van der Waals surface area contributed by atoms with E-state index in [4.69, 9.17) is 5.11 Å². The van der Waals surface area contributed by atoms with Gasteiger partial charge in [0.15, 0.2) is 0 Å². The fourth-order valence-corrected chi connectivity index (χ4v) is 2.76. The Morgan fingerprint density at radius 1 is 1.26 bits per heavy atom. The number of benzene rings is 1. The highest BCUT2D eigenvalue weighted by atomic mass is 79.9. The summed E-state index contributed by atoms with van der Waals surface area (Å²) >= 11 is 5.22. The molecule has 0 bridgehead atoms. The third kappa shape index (κ3) is 6.87. The maximum atomic E-state index is 10.9. The van der Waals surface area contributed by atoms with Gasteiger partial charge in [0.25, 0.3) is 0 Å². The molecule has 0 saturated heterocycles. The molecule has 0 aromatic heterocycles. The maximum absolute atomic E-state index is 10.9. The lowest BCUT2D eigenvalue weighted by Crippen LogP contribution is -2.04. The molecule has 106 valence electrons. The fourth-order valence-electron chi connectivity index (χ4n) is 1.77. The Labute approximate surface area is 127 Å². The molecule has 0 fully saturated rings. The molecule has 0 spiro atoms. The van der Waals surface area contributed by atoms with E-state index >= 15 is 0 Å². The molecule has 3 nitrogen and oxygen atoms in total. The second kappa shape index (κ2) is 9.26. The summed E-state index contributed by atoms with van der Waals surface area (Å²) in [5.74, 6) is 0.336. The Hall–Kier alpha value is -0.680. The highest BCUT2D eigenvalue weighted by Crippen LogP contribution is 2.20. The number of unbranched alkanes of at least 4 members (excludes halogenated alkanes) is 3. The largest absolute Gasteiger partial charge is 0.478 e. The summed E-state index contributed by atoms with van der Waals surface area (Å²) in [7, 11) is 0. The van der Waals surface area contributed by atoms with E-state index in [1.165, 1.54) is 25.0 Å². The van der Waals surface area contributed by atoms with Gasteiger partial charge in [-0.2, -0.15) is 11.8 Å². The first-order chi connectivity index (χ1) is 9.13. The first kappa shape index (κ1) is 16.4. The Kier molecular flexibility index (Phi) is 7.98. The molecule has 19 heavy (non-hydrogen) atoms. The number of carbonyl (C=O) groups is 1. The lowest BCUT2D eigenvalue weighted by molar-refractivity contribution is 0.0697. The van der Waals surface area contributed by atoms with E-state index in [1.807, 2.05) is 17.8 Å². The van der Waals surface area contributed by atoms with Crippen LogP contribution in [-0.2, 0) is 0 Å². The summed E-state index contributed by atoms with van der Waals surface area (Å²) in [6.45, 7) is 0.884. The van der Waals surface area contributed by atoms with Crippen LogP contribution in [0.15, 0.2) is 22.7 Å². The van der Waals surface area contributed by atoms with Gasteiger partial charge < -0.3 is 10.4 Å². The number of anilines is 1. The van der Waals surface area contributed by atoms with Crippen LogP contribution >= 0.6 is 27.7 Å². The molecule has 0 radical (unpaired) electrons. The monoisotopic (exact) mass is 345 g/mol. The molecular formula is C14H20BrNO2S. The quantitative estimate of drug-likeness (QED) is 0.647. The molecule has 2 N–H and O–H groups in total. The van der Waals surface area contributed by atoms with Crippen molar-refractivity contribution in [2.24, 2.45) is 0 Å². The van der Waals surface area contributed by atoms with Gasteiger partial charge in [-0.25, -0.2) is 4.79 Å². The van der Waals surface area contributed by atoms with E-state index in [0.29, 0.717) is 5.56 Å². The molecule has 0 heterocycles. The zero-order valence-corrected chi connectivity index (χ0v) is 13.5. The number of halogens is 1. The number of aromatic carboxylic acids is 1. The Morgan fingerprint density at radius 2 is 2.00 bits per heavy atom. The van der Waals surface area contributed by atoms with Crippen molar-refractivity contribution >= 4 is 39.3 Å². The molecule has 0 aliphatic rings. The molecule has 0 atom stereocenters. The second-order valence-electron chi connectivity index (χ2n) is 4.37. The molecule has 1 aromatic rings. The first-order valence-electron chi connectivity index (χ1n) is 6.40. The Bertz CT molecular complexity index is 412. The summed E-state index contributed by atoms with van der Waals surface area (Å²) in [5, 5.41) is 12.2. The summed E-state index contributed by atoms with van der Waals surface area (Å²) in [6.07, 6.45) is 7.01. The fraction of sp³-hybridized carbons (Fsp3) is 0.500. The molecule has 0 aliphatic carbocycles. The molecule has 0 unspecified atom stereocenters. The first-order valence-corrected chi connectivity index (χ1v) is 8.59. The number of carboxylic acid groups (broad SMARTS) is 1. The number of carboxylic acids is 1. The minimum Gasteiger partial charge on any atom is -0.478 e. The van der Waals surface area contributed by atoms with E-state index in [1.54, 1.807) is 12.1 Å². The zero-order valence-electron chi connectivity index (χ0n) is 11.1. The third-order valence-corrected chi connectivity index (χ3v) is 3.90. The second-order valence-corrected chi connectivity index (χ2v) is 6.27. The van der Waals surface area contributed by atoms with Gasteiger partial charge >= 0.3 is 5.97 Å². The standard InChI is InChI=1S/C14H20BrNO2S/c1-19-7-5-3-2-4-6-16-13-9-11(14(17)18)8-12(15)10-13/h8-10,16H,2-7H2,1H3,(H,17,18). The van der Waals surface area contributed by atoms with Crippen LogP contribution in [0.25, 0.3) is 0 Å². The predicted octanol–water partition coefficient (Wildman–Crippen LogP) is 4.48. The van der Waals surface area contributed by atoms with E-state index in [9.17, 15) is 4.79 Å². The van der Waals surface area contributed by atoms with Crippen molar-refractivity contribution in [1.29, 1.82) is 0 Å². The SMILES string of the molecule is CSCCCCCCNc1cc(Br)cc(C(=O)O)c1. The summed E-state index contributed by atoms with van der Waals surface area (Å²) in [5.41, 5.74) is 1.16. The van der Waals surface area contributed by atoms with Crippen LogP contribution in [0.4, 0.5) is 5.69 Å². The normalized spacial score (nSPS) is 10.4. The van der Waals surface area contributed by atoms with Gasteiger partial charge in [-0.15, -0.1) is 0 Å². The van der Waals surface area contributed by atoms with Crippen LogP contribution in [0.3, 0.4) is 0 Å². The number of nitrogens with one attached hydrogen (secondary N) is 1. The van der Waals surface area contributed by atoms with Crippen molar-refractivity contribution in [3.63, 3.8) is 0 Å². The van der Waals surface area contributed by atoms with Crippen LogP contribution in [-0.4, -0.2) is 29.6 Å². The minimum absolute atomic E-state index is 0.303. The van der Waals surface area contributed by atoms with Crippen molar-refractivity contribution in [2.75, 3.05) is 23.9 Å². The van der Waals surface area contributed by atoms with Gasteiger partial charge in [0.1, 0.15) is 0 Å². The molecule has 0 amide bonds. The van der Waals surface area contributed by atoms with Gasteiger partial charge in [-0.3, -0.25) is 0 Å². The number of hydrogen-bond acceptors (Lipinski definition) is 3. The predicted molar refractivity (Wildman–Crippen MR) is 86.4 cm³/mol. The van der Waals surface area contributed by atoms with E-state index in [2.05, 4.69) is 27.5 Å². The van der Waals surface area contributed by atoms with Crippen LogP contribution in [0.2, 0.25) is 0 Å². The molecule has 1 rings (SSSR count). The van der Waals surface area contributed by atoms with Gasteiger partial charge in [0, 0.05) is 16.7 Å². The molecule has 5 heteroatoms. The molecular weight excluding hydrogens is 326 g/mol. The highest BCUT2D eigenvalue weighted by Gasteiger charge is 2.05. The summed E-state index contributed by atoms with van der Waals surface area (Å²) < 4.78 is 0.787. The number of thioether (sulfide) groups is 1. The average molecular weight is 346 g/mol. The summed E-state index contributed by atoms with van der Waals surface area (Å²) in [4.78, 5) is 10.9. The maximum Gasteiger partial charge on any atom is 0.335 e. The number of rotatable bonds is 9. The van der Waals surface area contributed by atoms with E-state index < -0.39 is 5.97 Å². The Balaban J connectivity index is 2.31.